The normalized spacial score (nSPS) is 18.8. The van der Waals surface area contributed by atoms with Gasteiger partial charge in [-0.05, 0) is 61.8 Å². The lowest BCUT2D eigenvalue weighted by Crippen LogP contribution is -2.36. The SMILES string of the molecule is CN(C)C1C(=O)S/C(=C\c2ccc(Oc3nc4ccccc4[nH]3)cc2)C1=O. The van der Waals surface area contributed by atoms with Crippen LogP contribution in [0.5, 0.6) is 11.8 Å². The van der Waals surface area contributed by atoms with Crippen molar-refractivity contribution in [2.75, 3.05) is 14.1 Å². The van der Waals surface area contributed by atoms with Gasteiger partial charge in [0.05, 0.1) is 15.9 Å². The molecule has 136 valence electrons. The number of Topliss-reactive ketones (excluding diaryl/α,β-unsaturated/α-hetero) is 1. The highest BCUT2D eigenvalue weighted by atomic mass is 32.2. The van der Waals surface area contributed by atoms with Crippen LogP contribution in [0.4, 0.5) is 0 Å². The number of hydrogen-bond acceptors (Lipinski definition) is 6. The van der Waals surface area contributed by atoms with Gasteiger partial charge in [-0.1, -0.05) is 24.3 Å². The number of para-hydroxylation sites is 2. The lowest BCUT2D eigenvalue weighted by Gasteiger charge is -2.13. The lowest BCUT2D eigenvalue weighted by molar-refractivity contribution is -0.125. The Morgan fingerprint density at radius 1 is 1.11 bits per heavy atom. The zero-order valence-corrected chi connectivity index (χ0v) is 15.6. The van der Waals surface area contributed by atoms with Crippen LogP contribution in [-0.2, 0) is 9.59 Å². The van der Waals surface area contributed by atoms with Crippen molar-refractivity contribution in [2.24, 2.45) is 0 Å². The number of imidazole rings is 1. The van der Waals surface area contributed by atoms with E-state index in [2.05, 4.69) is 9.97 Å². The van der Waals surface area contributed by atoms with E-state index in [0.29, 0.717) is 16.7 Å². The van der Waals surface area contributed by atoms with Crippen LogP contribution in [0.1, 0.15) is 5.56 Å². The predicted octanol–water partition coefficient (Wildman–Crippen LogP) is 3.47. The predicted molar refractivity (Wildman–Crippen MR) is 106 cm³/mol. The second kappa shape index (κ2) is 7.02. The molecule has 1 saturated heterocycles. The summed E-state index contributed by atoms with van der Waals surface area (Å²) in [6.07, 6.45) is 1.74. The van der Waals surface area contributed by atoms with Gasteiger partial charge in [-0.2, -0.15) is 4.98 Å². The van der Waals surface area contributed by atoms with Crippen LogP contribution in [-0.4, -0.2) is 45.9 Å². The van der Waals surface area contributed by atoms with Crippen LogP contribution in [0.2, 0.25) is 0 Å². The minimum atomic E-state index is -0.697. The van der Waals surface area contributed by atoms with E-state index >= 15 is 0 Å². The summed E-state index contributed by atoms with van der Waals surface area (Å²) in [6, 6.07) is 14.7. The van der Waals surface area contributed by atoms with Crippen molar-refractivity contribution >= 4 is 39.8 Å². The Kier molecular flexibility index (Phi) is 4.55. The molecule has 0 spiro atoms. The van der Waals surface area contributed by atoms with Gasteiger partial charge in [0, 0.05) is 0 Å². The Morgan fingerprint density at radius 3 is 2.52 bits per heavy atom. The Balaban J connectivity index is 1.51. The maximum absolute atomic E-state index is 12.4. The Bertz CT molecular complexity index is 1020. The fourth-order valence-corrected chi connectivity index (χ4v) is 3.93. The van der Waals surface area contributed by atoms with Gasteiger partial charge < -0.3 is 9.72 Å². The molecule has 7 heteroatoms. The molecule has 1 fully saturated rings. The minimum Gasteiger partial charge on any atom is -0.426 e. The zero-order valence-electron chi connectivity index (χ0n) is 14.8. The second-order valence-electron chi connectivity index (χ2n) is 6.39. The third-order valence-electron chi connectivity index (χ3n) is 4.20. The Morgan fingerprint density at radius 2 is 1.85 bits per heavy atom. The van der Waals surface area contributed by atoms with Crippen molar-refractivity contribution in [3.05, 3.63) is 59.0 Å². The molecule has 0 radical (unpaired) electrons. The molecule has 6 nitrogen and oxygen atoms in total. The number of aromatic amines is 1. The summed E-state index contributed by atoms with van der Waals surface area (Å²) in [7, 11) is 3.46. The molecular weight excluding hydrogens is 362 g/mol. The summed E-state index contributed by atoms with van der Waals surface area (Å²) >= 11 is 0.999. The zero-order chi connectivity index (χ0) is 19.0. The van der Waals surface area contributed by atoms with Crippen LogP contribution < -0.4 is 4.74 Å². The average molecular weight is 379 g/mol. The van der Waals surface area contributed by atoms with Crippen LogP contribution in [0.25, 0.3) is 17.1 Å². The largest absolute Gasteiger partial charge is 0.426 e. The van der Waals surface area contributed by atoms with E-state index in [1.54, 1.807) is 37.2 Å². The maximum atomic E-state index is 12.4. The summed E-state index contributed by atoms with van der Waals surface area (Å²) in [5.41, 5.74) is 2.58. The standard InChI is InChI=1S/C20H17N3O3S/c1-23(2)17-18(24)16(27-19(17)25)11-12-7-9-13(10-8-12)26-20-21-14-5-3-4-6-15(14)22-20/h3-11,17H,1-2H3,(H,21,22)/b16-11-. The summed E-state index contributed by atoms with van der Waals surface area (Å²) in [5.74, 6) is 0.474. The molecule has 2 heterocycles. The molecule has 1 aromatic heterocycles. The van der Waals surface area contributed by atoms with Crippen molar-refractivity contribution in [1.29, 1.82) is 0 Å². The van der Waals surface area contributed by atoms with Crippen LogP contribution in [0.3, 0.4) is 0 Å². The van der Waals surface area contributed by atoms with E-state index in [1.165, 1.54) is 0 Å². The first-order chi connectivity index (χ1) is 13.0. The molecule has 1 unspecified atom stereocenters. The fourth-order valence-electron chi connectivity index (χ4n) is 2.88. The van der Waals surface area contributed by atoms with Gasteiger partial charge >= 0.3 is 0 Å². The maximum Gasteiger partial charge on any atom is 0.300 e. The number of rotatable bonds is 4. The third-order valence-corrected chi connectivity index (χ3v) is 5.16. The monoisotopic (exact) mass is 379 g/mol. The topological polar surface area (TPSA) is 75.3 Å². The summed E-state index contributed by atoms with van der Waals surface area (Å²) in [5, 5.41) is -0.138. The van der Waals surface area contributed by atoms with Gasteiger partial charge in [-0.3, -0.25) is 14.5 Å². The molecule has 1 atom stereocenters. The molecule has 0 aliphatic carbocycles. The molecule has 1 N–H and O–H groups in total. The molecule has 0 amide bonds. The van der Waals surface area contributed by atoms with Crippen molar-refractivity contribution in [2.45, 2.75) is 6.04 Å². The van der Waals surface area contributed by atoms with E-state index in [1.807, 2.05) is 36.4 Å². The van der Waals surface area contributed by atoms with E-state index in [4.69, 9.17) is 4.74 Å². The number of hydrogen-bond donors (Lipinski definition) is 1. The van der Waals surface area contributed by atoms with Crippen molar-refractivity contribution in [1.82, 2.24) is 14.9 Å². The van der Waals surface area contributed by atoms with E-state index in [9.17, 15) is 9.59 Å². The van der Waals surface area contributed by atoms with Gasteiger partial charge in [0.1, 0.15) is 11.8 Å². The number of ether oxygens (including phenoxy) is 1. The summed E-state index contributed by atoms with van der Waals surface area (Å²) in [6.45, 7) is 0. The van der Waals surface area contributed by atoms with Crippen LogP contribution in [0.15, 0.2) is 53.4 Å². The minimum absolute atomic E-state index is 0.138. The third kappa shape index (κ3) is 3.51. The van der Waals surface area contributed by atoms with E-state index < -0.39 is 6.04 Å². The molecule has 2 aromatic carbocycles. The highest BCUT2D eigenvalue weighted by Gasteiger charge is 2.39. The first-order valence-corrected chi connectivity index (χ1v) is 9.19. The first kappa shape index (κ1) is 17.5. The number of carbonyl (C=O) groups is 2. The van der Waals surface area contributed by atoms with Gasteiger partial charge in [0.15, 0.2) is 5.78 Å². The second-order valence-corrected chi connectivity index (χ2v) is 7.44. The average Bonchev–Trinajstić information content (AvgIpc) is 3.16. The molecule has 0 bridgehead atoms. The van der Waals surface area contributed by atoms with Gasteiger partial charge in [0.25, 0.3) is 6.01 Å². The van der Waals surface area contributed by atoms with Crippen molar-refractivity contribution < 1.29 is 14.3 Å². The van der Waals surface area contributed by atoms with Crippen molar-refractivity contribution in [3.8, 4) is 11.8 Å². The number of nitrogens with one attached hydrogen (secondary N) is 1. The van der Waals surface area contributed by atoms with Crippen molar-refractivity contribution in [3.63, 3.8) is 0 Å². The highest BCUT2D eigenvalue weighted by Crippen LogP contribution is 2.33. The first-order valence-electron chi connectivity index (χ1n) is 8.38. The van der Waals surface area contributed by atoms with Gasteiger partial charge in [-0.15, -0.1) is 0 Å². The molecule has 4 rings (SSSR count). The van der Waals surface area contributed by atoms with E-state index in [-0.39, 0.29) is 10.9 Å². The van der Waals surface area contributed by atoms with Crippen LogP contribution in [0, 0.1) is 0 Å². The number of benzene rings is 2. The van der Waals surface area contributed by atoms with Gasteiger partial charge in [-0.25, -0.2) is 0 Å². The molecular formula is C20H17N3O3S. The number of aromatic nitrogens is 2. The fraction of sp³-hybridized carbons (Fsp3) is 0.150. The molecule has 27 heavy (non-hydrogen) atoms. The number of thioether (sulfide) groups is 1. The van der Waals surface area contributed by atoms with E-state index in [0.717, 1.165) is 28.4 Å². The number of H-pyrrole nitrogens is 1. The van der Waals surface area contributed by atoms with Crippen LogP contribution >= 0.6 is 11.8 Å². The number of carbonyl (C=O) groups excluding carboxylic acids is 2. The number of likely N-dealkylation sites (N-methyl/N-ethyl adjacent to an activating group) is 1. The molecule has 1 aliphatic heterocycles. The highest BCUT2D eigenvalue weighted by molar-refractivity contribution is 8.18. The molecule has 3 aromatic rings. The Labute approximate surface area is 160 Å². The summed E-state index contributed by atoms with van der Waals surface area (Å²) < 4.78 is 5.75. The molecule has 0 saturated carbocycles. The quantitative estimate of drug-likeness (QED) is 0.553. The van der Waals surface area contributed by atoms with Gasteiger partial charge in [0.2, 0.25) is 5.12 Å². The lowest BCUT2D eigenvalue weighted by atomic mass is 10.1. The summed E-state index contributed by atoms with van der Waals surface area (Å²) in [4.78, 5) is 33.9. The molecule has 1 aliphatic rings. The smallest absolute Gasteiger partial charge is 0.300 e. The number of fused-ring (bicyclic) bond motifs is 1. The number of ketones is 1. The Hall–Kier alpha value is -2.90. The number of nitrogens with zero attached hydrogens (tertiary/aromatic N) is 2.